The van der Waals surface area contributed by atoms with Crippen molar-refractivity contribution in [3.63, 3.8) is 0 Å². The Bertz CT molecular complexity index is 412. The molecular formula is C15H29N3O4. The van der Waals surface area contributed by atoms with Crippen molar-refractivity contribution in [3.8, 4) is 0 Å². The standard InChI is InChI=1S/C15H29N3O4/c1-9-11(18-13(20)22-15(5,6)7)10(8-16-9)17-12(19)21-14(2,3)4/h9-11,16H,8H2,1-7H3,(H,17,19)(H,18,20)/t9-,10?,11-/m0/s1. The molecular weight excluding hydrogens is 286 g/mol. The topological polar surface area (TPSA) is 88.7 Å². The van der Waals surface area contributed by atoms with Gasteiger partial charge in [0, 0.05) is 12.6 Å². The van der Waals surface area contributed by atoms with E-state index >= 15 is 0 Å². The van der Waals surface area contributed by atoms with Gasteiger partial charge in [-0.15, -0.1) is 0 Å². The largest absolute Gasteiger partial charge is 0.444 e. The first kappa shape index (κ1) is 18.5. The van der Waals surface area contributed by atoms with E-state index in [9.17, 15) is 9.59 Å². The molecule has 128 valence electrons. The normalized spacial score (nSPS) is 25.5. The molecule has 3 atom stereocenters. The van der Waals surface area contributed by atoms with Crippen LogP contribution in [0.5, 0.6) is 0 Å². The highest BCUT2D eigenvalue weighted by Gasteiger charge is 2.37. The van der Waals surface area contributed by atoms with Crippen LogP contribution in [-0.2, 0) is 9.47 Å². The predicted octanol–water partition coefficient (Wildman–Crippen LogP) is 1.76. The van der Waals surface area contributed by atoms with E-state index in [1.54, 1.807) is 41.5 Å². The molecule has 1 fully saturated rings. The van der Waals surface area contributed by atoms with E-state index in [4.69, 9.17) is 9.47 Å². The van der Waals surface area contributed by atoms with Crippen LogP contribution in [0.4, 0.5) is 9.59 Å². The summed E-state index contributed by atoms with van der Waals surface area (Å²) in [6, 6.07) is -0.493. The van der Waals surface area contributed by atoms with Crippen molar-refractivity contribution >= 4 is 12.2 Å². The van der Waals surface area contributed by atoms with Gasteiger partial charge in [0.25, 0.3) is 0 Å². The van der Waals surface area contributed by atoms with Crippen LogP contribution in [0.15, 0.2) is 0 Å². The van der Waals surface area contributed by atoms with Gasteiger partial charge >= 0.3 is 12.2 Å². The first-order chi connectivity index (χ1) is 9.87. The van der Waals surface area contributed by atoms with Gasteiger partial charge in [0.05, 0.1) is 12.1 Å². The Morgan fingerprint density at radius 2 is 1.41 bits per heavy atom. The average Bonchev–Trinajstić information content (AvgIpc) is 2.56. The van der Waals surface area contributed by atoms with Crippen LogP contribution in [0.2, 0.25) is 0 Å². The minimum absolute atomic E-state index is 0.0208. The van der Waals surface area contributed by atoms with Crippen molar-refractivity contribution < 1.29 is 19.1 Å². The van der Waals surface area contributed by atoms with Crippen molar-refractivity contribution in [2.75, 3.05) is 6.54 Å². The number of rotatable bonds is 2. The zero-order valence-corrected chi connectivity index (χ0v) is 14.6. The Kier molecular flexibility index (Phi) is 5.67. The van der Waals surface area contributed by atoms with Gasteiger partial charge in [0.1, 0.15) is 11.2 Å². The molecule has 7 heteroatoms. The first-order valence-corrected chi connectivity index (χ1v) is 7.60. The number of nitrogens with one attached hydrogen (secondary N) is 3. The zero-order valence-electron chi connectivity index (χ0n) is 14.6. The number of alkyl carbamates (subject to hydrolysis) is 2. The summed E-state index contributed by atoms with van der Waals surface area (Å²) in [5, 5.41) is 8.82. The predicted molar refractivity (Wildman–Crippen MR) is 83.8 cm³/mol. The molecule has 0 saturated carbocycles. The summed E-state index contributed by atoms with van der Waals surface area (Å²) in [5.74, 6) is 0. The Labute approximate surface area is 132 Å². The van der Waals surface area contributed by atoms with Crippen molar-refractivity contribution in [2.24, 2.45) is 0 Å². The van der Waals surface area contributed by atoms with Crippen LogP contribution in [0.1, 0.15) is 48.5 Å². The molecule has 1 saturated heterocycles. The van der Waals surface area contributed by atoms with Crippen LogP contribution in [0.3, 0.4) is 0 Å². The molecule has 22 heavy (non-hydrogen) atoms. The smallest absolute Gasteiger partial charge is 0.407 e. The molecule has 0 aliphatic carbocycles. The van der Waals surface area contributed by atoms with Gasteiger partial charge in [0.2, 0.25) is 0 Å². The minimum Gasteiger partial charge on any atom is -0.444 e. The van der Waals surface area contributed by atoms with E-state index < -0.39 is 23.4 Å². The molecule has 0 spiro atoms. The number of hydrogen-bond donors (Lipinski definition) is 3. The number of ether oxygens (including phenoxy) is 2. The number of carbonyl (C=O) groups is 2. The molecule has 1 rings (SSSR count). The second kappa shape index (κ2) is 6.73. The van der Waals surface area contributed by atoms with Gasteiger partial charge in [-0.1, -0.05) is 0 Å². The maximum Gasteiger partial charge on any atom is 0.407 e. The molecule has 0 bridgehead atoms. The second-order valence-corrected chi connectivity index (χ2v) is 7.62. The molecule has 0 aromatic heterocycles. The van der Waals surface area contributed by atoms with Gasteiger partial charge in [-0.3, -0.25) is 0 Å². The molecule has 1 aliphatic heterocycles. The van der Waals surface area contributed by atoms with Gasteiger partial charge in [-0.05, 0) is 48.5 Å². The maximum absolute atomic E-state index is 11.9. The van der Waals surface area contributed by atoms with Crippen LogP contribution in [-0.4, -0.2) is 48.1 Å². The van der Waals surface area contributed by atoms with Gasteiger partial charge < -0.3 is 25.4 Å². The van der Waals surface area contributed by atoms with Gasteiger partial charge in [-0.2, -0.15) is 0 Å². The highest BCUT2D eigenvalue weighted by Crippen LogP contribution is 2.13. The van der Waals surface area contributed by atoms with Gasteiger partial charge in [0.15, 0.2) is 0 Å². The highest BCUT2D eigenvalue weighted by atomic mass is 16.6. The minimum atomic E-state index is -0.562. The Morgan fingerprint density at radius 1 is 0.955 bits per heavy atom. The molecule has 3 N–H and O–H groups in total. The monoisotopic (exact) mass is 315 g/mol. The summed E-state index contributed by atoms with van der Waals surface area (Å²) < 4.78 is 10.5. The first-order valence-electron chi connectivity index (χ1n) is 7.60. The lowest BCUT2D eigenvalue weighted by atomic mass is 10.1. The molecule has 7 nitrogen and oxygen atoms in total. The fourth-order valence-corrected chi connectivity index (χ4v) is 2.18. The third-order valence-electron chi connectivity index (χ3n) is 3.02. The SMILES string of the molecule is C[C@@H]1NCC(NC(=O)OC(C)(C)C)[C@H]1NC(=O)OC(C)(C)C. The van der Waals surface area contributed by atoms with E-state index in [0.29, 0.717) is 6.54 Å². The summed E-state index contributed by atoms with van der Waals surface area (Å²) in [6.45, 7) is 13.3. The molecule has 0 radical (unpaired) electrons. The van der Waals surface area contributed by atoms with Crippen LogP contribution >= 0.6 is 0 Å². The summed E-state index contributed by atoms with van der Waals surface area (Å²) in [5.41, 5.74) is -1.12. The summed E-state index contributed by atoms with van der Waals surface area (Å²) in [4.78, 5) is 23.8. The van der Waals surface area contributed by atoms with Gasteiger partial charge in [-0.25, -0.2) is 9.59 Å². The molecule has 2 amide bonds. The molecule has 0 aromatic rings. The molecule has 1 unspecified atom stereocenters. The second-order valence-electron chi connectivity index (χ2n) is 7.62. The summed E-state index contributed by atoms with van der Waals surface area (Å²) in [6.07, 6.45) is -0.992. The van der Waals surface area contributed by atoms with Crippen molar-refractivity contribution in [3.05, 3.63) is 0 Å². The van der Waals surface area contributed by atoms with Crippen LogP contribution < -0.4 is 16.0 Å². The van der Waals surface area contributed by atoms with Crippen LogP contribution in [0.25, 0.3) is 0 Å². The van der Waals surface area contributed by atoms with E-state index in [2.05, 4.69) is 16.0 Å². The third-order valence-corrected chi connectivity index (χ3v) is 3.02. The van der Waals surface area contributed by atoms with Crippen LogP contribution in [0, 0.1) is 0 Å². The number of hydrogen-bond acceptors (Lipinski definition) is 5. The lowest BCUT2D eigenvalue weighted by Gasteiger charge is -2.27. The number of amides is 2. The van der Waals surface area contributed by atoms with Crippen molar-refractivity contribution in [1.82, 2.24) is 16.0 Å². The van der Waals surface area contributed by atoms with E-state index in [1.807, 2.05) is 6.92 Å². The zero-order chi connectivity index (χ0) is 17.1. The lowest BCUT2D eigenvalue weighted by molar-refractivity contribution is 0.0441. The Balaban J connectivity index is 2.60. The Morgan fingerprint density at radius 3 is 1.86 bits per heavy atom. The maximum atomic E-state index is 11.9. The average molecular weight is 315 g/mol. The van der Waals surface area contributed by atoms with Crippen molar-refractivity contribution in [1.29, 1.82) is 0 Å². The van der Waals surface area contributed by atoms with E-state index in [-0.39, 0.29) is 18.1 Å². The van der Waals surface area contributed by atoms with E-state index in [0.717, 1.165) is 0 Å². The Hall–Kier alpha value is -1.50. The highest BCUT2D eigenvalue weighted by molar-refractivity contribution is 5.70. The van der Waals surface area contributed by atoms with E-state index in [1.165, 1.54) is 0 Å². The molecule has 0 aromatic carbocycles. The summed E-state index contributed by atoms with van der Waals surface area (Å²) >= 11 is 0. The molecule has 1 heterocycles. The quantitative estimate of drug-likeness (QED) is 0.722. The fraction of sp³-hybridized carbons (Fsp3) is 0.867. The third kappa shape index (κ3) is 6.51. The summed E-state index contributed by atoms with van der Waals surface area (Å²) in [7, 11) is 0. The fourth-order valence-electron chi connectivity index (χ4n) is 2.18. The lowest BCUT2D eigenvalue weighted by Crippen LogP contribution is -2.54. The van der Waals surface area contributed by atoms with Crippen molar-refractivity contribution in [2.45, 2.75) is 77.8 Å². The number of carbonyl (C=O) groups excluding carboxylic acids is 2. The molecule has 1 aliphatic rings.